The second-order valence-electron chi connectivity index (χ2n) is 9.82. The first kappa shape index (κ1) is 24.3. The highest BCUT2D eigenvalue weighted by Crippen LogP contribution is 2.40. The molecular formula is C23H31F3N2O4S. The van der Waals surface area contributed by atoms with Gasteiger partial charge in [-0.15, -0.1) is 0 Å². The molecule has 6 nitrogen and oxygen atoms in total. The number of halogens is 3. The number of methoxy groups -OCH3 is 1. The van der Waals surface area contributed by atoms with Crippen LogP contribution in [0.3, 0.4) is 0 Å². The average Bonchev–Trinajstić information content (AvgIpc) is 3.69. The molecule has 3 aliphatic rings. The van der Waals surface area contributed by atoms with Crippen molar-refractivity contribution >= 4 is 15.7 Å². The lowest BCUT2D eigenvalue weighted by Gasteiger charge is -2.34. The third-order valence-electron chi connectivity index (χ3n) is 7.15. The van der Waals surface area contributed by atoms with Gasteiger partial charge in [0.25, 0.3) is 5.91 Å². The van der Waals surface area contributed by atoms with Crippen LogP contribution in [0.5, 0.6) is 5.88 Å². The topological polar surface area (TPSA) is 85.4 Å². The number of rotatable bonds is 9. The maximum atomic E-state index is 13.0. The first-order valence-electron chi connectivity index (χ1n) is 11.7. The Labute approximate surface area is 192 Å². The van der Waals surface area contributed by atoms with E-state index in [1.54, 1.807) is 0 Å². The molecule has 0 spiro atoms. The molecular weight excluding hydrogens is 457 g/mol. The molecule has 1 aromatic heterocycles. The highest BCUT2D eigenvalue weighted by Gasteiger charge is 2.39. The van der Waals surface area contributed by atoms with Crippen molar-refractivity contribution in [1.82, 2.24) is 10.3 Å². The van der Waals surface area contributed by atoms with Crippen molar-refractivity contribution < 1.29 is 31.1 Å². The van der Waals surface area contributed by atoms with E-state index in [-0.39, 0.29) is 28.7 Å². The predicted octanol–water partition coefficient (Wildman–Crippen LogP) is 4.39. The number of nitrogens with one attached hydrogen (secondary N) is 1. The third-order valence-corrected chi connectivity index (χ3v) is 9.57. The Hall–Kier alpha value is -1.84. The van der Waals surface area contributed by atoms with Crippen LogP contribution in [0.2, 0.25) is 0 Å². The summed E-state index contributed by atoms with van der Waals surface area (Å²) in [5.41, 5.74) is -1.15. The largest absolute Gasteiger partial charge is 0.480 e. The summed E-state index contributed by atoms with van der Waals surface area (Å²) >= 11 is 0. The normalized spacial score (nSPS) is 24.8. The summed E-state index contributed by atoms with van der Waals surface area (Å²) in [7, 11) is -1.89. The zero-order chi connectivity index (χ0) is 23.8. The summed E-state index contributed by atoms with van der Waals surface area (Å²) in [5, 5.41) is 2.71. The maximum absolute atomic E-state index is 13.0. The van der Waals surface area contributed by atoms with E-state index in [1.165, 1.54) is 7.11 Å². The van der Waals surface area contributed by atoms with Gasteiger partial charge in [0.2, 0.25) is 5.88 Å². The molecule has 0 bridgehead atoms. The summed E-state index contributed by atoms with van der Waals surface area (Å²) in [6, 6.07) is 1.73. The van der Waals surface area contributed by atoms with Gasteiger partial charge < -0.3 is 10.1 Å². The minimum absolute atomic E-state index is 0.0352. The molecule has 33 heavy (non-hydrogen) atoms. The van der Waals surface area contributed by atoms with Crippen LogP contribution < -0.4 is 10.1 Å². The van der Waals surface area contributed by atoms with Gasteiger partial charge in [-0.3, -0.25) is 4.79 Å². The standard InChI is InChI=1S/C23H31F3N2O4S/c1-32-22-18(10-11-20(28-22)23(24,25)26)21(29)27-19(12-14-2-3-14)16-6-8-17(9-7-16)33(30,31)13-15-4-5-15/h10-11,14-17,19H,2-9,12-13H2,1H3,(H,27,29). The minimum atomic E-state index is -4.63. The lowest BCUT2D eigenvalue weighted by atomic mass is 9.81. The number of ether oxygens (including phenoxy) is 1. The molecule has 1 heterocycles. The highest BCUT2D eigenvalue weighted by molar-refractivity contribution is 7.92. The van der Waals surface area contributed by atoms with Gasteiger partial charge in [-0.2, -0.15) is 13.2 Å². The van der Waals surface area contributed by atoms with Crippen molar-refractivity contribution in [2.75, 3.05) is 12.9 Å². The average molecular weight is 489 g/mol. The Morgan fingerprint density at radius 2 is 1.73 bits per heavy atom. The molecule has 4 rings (SSSR count). The van der Waals surface area contributed by atoms with E-state index < -0.39 is 27.6 Å². The van der Waals surface area contributed by atoms with Crippen LogP contribution >= 0.6 is 0 Å². The Bertz CT molecular complexity index is 966. The van der Waals surface area contributed by atoms with Crippen molar-refractivity contribution in [3.05, 3.63) is 23.4 Å². The number of pyridine rings is 1. The third kappa shape index (κ3) is 6.19. The van der Waals surface area contributed by atoms with Crippen LogP contribution in [-0.2, 0) is 16.0 Å². The fraction of sp³-hybridized carbons (Fsp3) is 0.739. The van der Waals surface area contributed by atoms with Crippen molar-refractivity contribution in [2.45, 2.75) is 75.3 Å². The smallest absolute Gasteiger partial charge is 0.433 e. The van der Waals surface area contributed by atoms with E-state index in [1.807, 2.05) is 0 Å². The van der Waals surface area contributed by atoms with Gasteiger partial charge in [0.1, 0.15) is 11.3 Å². The van der Waals surface area contributed by atoms with Crippen molar-refractivity contribution in [3.8, 4) is 5.88 Å². The molecule has 0 saturated heterocycles. The number of carbonyl (C=O) groups is 1. The SMILES string of the molecule is COc1nc(C(F)(F)F)ccc1C(=O)NC(CC1CC1)C1CCC(S(=O)(=O)CC2CC2)CC1. The monoisotopic (exact) mass is 488 g/mol. The molecule has 3 fully saturated rings. The summed E-state index contributed by atoms with van der Waals surface area (Å²) in [6.07, 6.45) is 3.01. The number of hydrogen-bond donors (Lipinski definition) is 1. The van der Waals surface area contributed by atoms with Gasteiger partial charge in [0, 0.05) is 6.04 Å². The lowest BCUT2D eigenvalue weighted by Crippen LogP contribution is -2.43. The molecule has 3 saturated carbocycles. The Kier molecular flexibility index (Phi) is 6.94. The van der Waals surface area contributed by atoms with E-state index in [9.17, 15) is 26.4 Å². The first-order valence-corrected chi connectivity index (χ1v) is 13.4. The van der Waals surface area contributed by atoms with Gasteiger partial charge in [-0.05, 0) is 74.8 Å². The summed E-state index contributed by atoms with van der Waals surface area (Å²) in [5.74, 6) is 0.437. The van der Waals surface area contributed by atoms with Gasteiger partial charge in [0.05, 0.1) is 18.1 Å². The molecule has 1 N–H and O–H groups in total. The lowest BCUT2D eigenvalue weighted by molar-refractivity contribution is -0.141. The Balaban J connectivity index is 1.42. The molecule has 1 amide bonds. The number of nitrogens with zero attached hydrogens (tertiary/aromatic N) is 1. The van der Waals surface area contributed by atoms with Gasteiger partial charge >= 0.3 is 6.18 Å². The second kappa shape index (κ2) is 9.43. The zero-order valence-corrected chi connectivity index (χ0v) is 19.6. The van der Waals surface area contributed by atoms with E-state index in [0.717, 1.165) is 44.2 Å². The van der Waals surface area contributed by atoms with Crippen LogP contribution in [0.15, 0.2) is 12.1 Å². The molecule has 0 aromatic carbocycles. The van der Waals surface area contributed by atoms with E-state index in [0.29, 0.717) is 43.3 Å². The quantitative estimate of drug-likeness (QED) is 0.557. The van der Waals surface area contributed by atoms with Crippen molar-refractivity contribution in [2.24, 2.45) is 17.8 Å². The maximum Gasteiger partial charge on any atom is 0.433 e. The Morgan fingerprint density at radius 1 is 1.09 bits per heavy atom. The van der Waals surface area contributed by atoms with Crippen LogP contribution in [-0.4, -0.2) is 43.5 Å². The fourth-order valence-corrected chi connectivity index (χ4v) is 7.11. The number of carbonyl (C=O) groups excluding carboxylic acids is 1. The number of amides is 1. The molecule has 184 valence electrons. The van der Waals surface area contributed by atoms with Gasteiger partial charge in [0.15, 0.2) is 9.84 Å². The predicted molar refractivity (Wildman–Crippen MR) is 117 cm³/mol. The Morgan fingerprint density at radius 3 is 2.27 bits per heavy atom. The zero-order valence-electron chi connectivity index (χ0n) is 18.7. The number of sulfone groups is 1. The second-order valence-corrected chi connectivity index (χ2v) is 12.1. The molecule has 0 aliphatic heterocycles. The summed E-state index contributed by atoms with van der Waals surface area (Å²) in [4.78, 5) is 16.5. The summed E-state index contributed by atoms with van der Waals surface area (Å²) in [6.45, 7) is 0. The molecule has 3 aliphatic carbocycles. The van der Waals surface area contributed by atoms with Crippen molar-refractivity contribution in [1.29, 1.82) is 0 Å². The van der Waals surface area contributed by atoms with Crippen LogP contribution in [0.4, 0.5) is 13.2 Å². The molecule has 1 unspecified atom stereocenters. The van der Waals surface area contributed by atoms with Gasteiger partial charge in [-0.1, -0.05) is 12.8 Å². The fourth-order valence-electron chi connectivity index (χ4n) is 4.85. The van der Waals surface area contributed by atoms with Crippen molar-refractivity contribution in [3.63, 3.8) is 0 Å². The highest BCUT2D eigenvalue weighted by atomic mass is 32.2. The van der Waals surface area contributed by atoms with Gasteiger partial charge in [-0.25, -0.2) is 13.4 Å². The van der Waals surface area contributed by atoms with E-state index in [2.05, 4.69) is 10.3 Å². The van der Waals surface area contributed by atoms with Crippen LogP contribution in [0.1, 0.15) is 73.8 Å². The van der Waals surface area contributed by atoms with E-state index >= 15 is 0 Å². The van der Waals surface area contributed by atoms with E-state index in [4.69, 9.17) is 4.74 Å². The number of hydrogen-bond acceptors (Lipinski definition) is 5. The molecule has 1 atom stereocenters. The molecule has 1 aromatic rings. The first-order chi connectivity index (χ1) is 15.6. The number of aromatic nitrogens is 1. The molecule has 10 heteroatoms. The van der Waals surface area contributed by atoms with Crippen LogP contribution in [0, 0.1) is 17.8 Å². The number of alkyl halides is 3. The molecule has 0 radical (unpaired) electrons. The minimum Gasteiger partial charge on any atom is -0.480 e. The summed E-state index contributed by atoms with van der Waals surface area (Å²) < 4.78 is 69.2. The van der Waals surface area contributed by atoms with Crippen LogP contribution in [0.25, 0.3) is 0 Å².